The lowest BCUT2D eigenvalue weighted by atomic mass is 10.1. The first kappa shape index (κ1) is 21.5. The SMILES string of the molecule is CCCCCCCCCNC(=O)c1cccnc1SCc1c(C)noc1C. The second-order valence-corrected chi connectivity index (χ2v) is 7.79. The van der Waals surface area contributed by atoms with Crippen LogP contribution in [0.2, 0.25) is 0 Å². The van der Waals surface area contributed by atoms with Gasteiger partial charge in [-0.3, -0.25) is 4.79 Å². The van der Waals surface area contributed by atoms with Crippen molar-refractivity contribution < 1.29 is 9.32 Å². The molecule has 0 aliphatic carbocycles. The Hall–Kier alpha value is -1.82. The molecule has 0 unspecified atom stereocenters. The third-order valence-electron chi connectivity index (χ3n) is 4.62. The average molecular weight is 390 g/mol. The Morgan fingerprint density at radius 1 is 1.15 bits per heavy atom. The fraction of sp³-hybridized carbons (Fsp3) is 0.571. The van der Waals surface area contributed by atoms with Gasteiger partial charge in [0.15, 0.2) is 0 Å². The summed E-state index contributed by atoms with van der Waals surface area (Å²) in [5.74, 6) is 1.46. The van der Waals surface area contributed by atoms with Crippen LogP contribution in [0.3, 0.4) is 0 Å². The van der Waals surface area contributed by atoms with E-state index in [1.54, 1.807) is 18.0 Å². The van der Waals surface area contributed by atoms with E-state index in [2.05, 4.69) is 22.4 Å². The minimum absolute atomic E-state index is 0.0460. The third kappa shape index (κ3) is 7.01. The maximum absolute atomic E-state index is 12.5. The predicted molar refractivity (Wildman–Crippen MR) is 110 cm³/mol. The van der Waals surface area contributed by atoms with Gasteiger partial charge in [-0.15, -0.1) is 11.8 Å². The molecule has 148 valence electrons. The van der Waals surface area contributed by atoms with Gasteiger partial charge in [0.05, 0.1) is 11.3 Å². The number of amides is 1. The highest BCUT2D eigenvalue weighted by Gasteiger charge is 2.15. The number of aryl methyl sites for hydroxylation is 2. The van der Waals surface area contributed by atoms with Crippen LogP contribution in [0.4, 0.5) is 0 Å². The molecule has 0 radical (unpaired) electrons. The molecule has 5 nitrogen and oxygen atoms in total. The molecule has 0 bridgehead atoms. The topological polar surface area (TPSA) is 68.0 Å². The Kier molecular flexibility index (Phi) is 9.39. The molecule has 2 aromatic heterocycles. The van der Waals surface area contributed by atoms with Crippen LogP contribution in [0.5, 0.6) is 0 Å². The molecular weight excluding hydrogens is 358 g/mol. The maximum Gasteiger partial charge on any atom is 0.254 e. The lowest BCUT2D eigenvalue weighted by molar-refractivity contribution is 0.0949. The molecule has 0 saturated heterocycles. The van der Waals surface area contributed by atoms with Gasteiger partial charge in [-0.05, 0) is 32.4 Å². The van der Waals surface area contributed by atoms with Crippen molar-refractivity contribution in [2.75, 3.05) is 6.54 Å². The van der Waals surface area contributed by atoms with E-state index in [-0.39, 0.29) is 5.91 Å². The van der Waals surface area contributed by atoms with Crippen molar-refractivity contribution >= 4 is 17.7 Å². The number of rotatable bonds is 12. The summed E-state index contributed by atoms with van der Waals surface area (Å²) in [4.78, 5) is 16.9. The number of hydrogen-bond acceptors (Lipinski definition) is 5. The Labute approximate surface area is 166 Å². The summed E-state index contributed by atoms with van der Waals surface area (Å²) >= 11 is 1.54. The quantitative estimate of drug-likeness (QED) is 0.386. The molecule has 1 N–H and O–H groups in total. The highest BCUT2D eigenvalue weighted by molar-refractivity contribution is 7.98. The van der Waals surface area contributed by atoms with Gasteiger partial charge in [-0.1, -0.05) is 50.6 Å². The van der Waals surface area contributed by atoms with Gasteiger partial charge in [-0.2, -0.15) is 0 Å². The van der Waals surface area contributed by atoms with E-state index in [1.807, 2.05) is 26.0 Å². The number of nitrogens with zero attached hydrogens (tertiary/aromatic N) is 2. The Bertz CT molecular complexity index is 696. The third-order valence-corrected chi connectivity index (χ3v) is 5.65. The van der Waals surface area contributed by atoms with Gasteiger partial charge in [-0.25, -0.2) is 4.98 Å². The molecule has 2 heterocycles. The molecule has 2 aromatic rings. The fourth-order valence-electron chi connectivity index (χ4n) is 2.91. The molecule has 0 aliphatic rings. The van der Waals surface area contributed by atoms with Crippen LogP contribution in [0, 0.1) is 13.8 Å². The van der Waals surface area contributed by atoms with Crippen LogP contribution in [0.15, 0.2) is 27.9 Å². The van der Waals surface area contributed by atoms with Gasteiger partial charge < -0.3 is 9.84 Å². The minimum atomic E-state index is -0.0460. The van der Waals surface area contributed by atoms with Crippen molar-refractivity contribution in [3.05, 3.63) is 40.9 Å². The Morgan fingerprint density at radius 3 is 2.59 bits per heavy atom. The van der Waals surface area contributed by atoms with E-state index >= 15 is 0 Å². The largest absolute Gasteiger partial charge is 0.361 e. The summed E-state index contributed by atoms with van der Waals surface area (Å²) in [7, 11) is 0. The second kappa shape index (κ2) is 11.8. The molecule has 6 heteroatoms. The monoisotopic (exact) mass is 389 g/mol. The summed E-state index contributed by atoms with van der Waals surface area (Å²) in [6.45, 7) is 6.79. The lowest BCUT2D eigenvalue weighted by Crippen LogP contribution is -2.25. The molecule has 0 aromatic carbocycles. The molecule has 0 saturated carbocycles. The van der Waals surface area contributed by atoms with E-state index < -0.39 is 0 Å². The predicted octanol–water partition coefficient (Wildman–Crippen LogP) is 5.46. The van der Waals surface area contributed by atoms with Crippen LogP contribution in [0.25, 0.3) is 0 Å². The summed E-state index contributed by atoms with van der Waals surface area (Å²) < 4.78 is 5.21. The van der Waals surface area contributed by atoms with Crippen LogP contribution in [0.1, 0.15) is 79.2 Å². The number of carbonyl (C=O) groups excluding carboxylic acids is 1. The molecule has 27 heavy (non-hydrogen) atoms. The number of unbranched alkanes of at least 4 members (excludes halogenated alkanes) is 6. The first-order valence-electron chi connectivity index (χ1n) is 9.91. The average Bonchev–Trinajstić information content (AvgIpc) is 3.00. The number of carbonyl (C=O) groups is 1. The van der Waals surface area contributed by atoms with Crippen LogP contribution in [-0.4, -0.2) is 22.6 Å². The zero-order chi connectivity index (χ0) is 19.5. The molecule has 0 fully saturated rings. The van der Waals surface area contributed by atoms with Gasteiger partial charge in [0.1, 0.15) is 10.8 Å². The summed E-state index contributed by atoms with van der Waals surface area (Å²) in [5.41, 5.74) is 2.60. The number of pyridine rings is 1. The van der Waals surface area contributed by atoms with Crippen LogP contribution >= 0.6 is 11.8 Å². The van der Waals surface area contributed by atoms with Crippen molar-refractivity contribution in [1.29, 1.82) is 0 Å². The first-order valence-corrected chi connectivity index (χ1v) is 10.9. The Balaban J connectivity index is 1.79. The van der Waals surface area contributed by atoms with Crippen molar-refractivity contribution in [2.24, 2.45) is 0 Å². The lowest BCUT2D eigenvalue weighted by Gasteiger charge is -2.09. The highest BCUT2D eigenvalue weighted by Crippen LogP contribution is 2.27. The van der Waals surface area contributed by atoms with Gasteiger partial charge in [0, 0.05) is 24.1 Å². The van der Waals surface area contributed by atoms with E-state index in [1.165, 1.54) is 38.5 Å². The molecular formula is C21H31N3O2S. The van der Waals surface area contributed by atoms with Crippen molar-refractivity contribution in [3.8, 4) is 0 Å². The molecule has 0 atom stereocenters. The van der Waals surface area contributed by atoms with Gasteiger partial charge in [0.25, 0.3) is 5.91 Å². The molecule has 2 rings (SSSR count). The van der Waals surface area contributed by atoms with Crippen molar-refractivity contribution in [3.63, 3.8) is 0 Å². The van der Waals surface area contributed by atoms with E-state index in [0.717, 1.165) is 35.0 Å². The number of thioether (sulfide) groups is 1. The molecule has 1 amide bonds. The molecule has 0 aliphatic heterocycles. The van der Waals surface area contributed by atoms with Crippen LogP contribution in [-0.2, 0) is 5.75 Å². The van der Waals surface area contributed by atoms with E-state index in [4.69, 9.17) is 4.52 Å². The van der Waals surface area contributed by atoms with Crippen molar-refractivity contribution in [1.82, 2.24) is 15.5 Å². The smallest absolute Gasteiger partial charge is 0.254 e. The normalized spacial score (nSPS) is 10.9. The Morgan fingerprint density at radius 2 is 1.89 bits per heavy atom. The standard InChI is InChI=1S/C21H31N3O2S/c1-4-5-6-7-8-9-10-13-22-20(25)18-12-11-14-23-21(18)27-15-19-16(2)24-26-17(19)3/h11-12,14H,4-10,13,15H2,1-3H3,(H,22,25). The van der Waals surface area contributed by atoms with Crippen molar-refractivity contribution in [2.45, 2.75) is 76.5 Å². The van der Waals surface area contributed by atoms with Crippen LogP contribution < -0.4 is 5.32 Å². The fourth-order valence-corrected chi connectivity index (χ4v) is 4.05. The summed E-state index contributed by atoms with van der Waals surface area (Å²) in [6.07, 6.45) is 10.4. The van der Waals surface area contributed by atoms with E-state index in [0.29, 0.717) is 11.3 Å². The highest BCUT2D eigenvalue weighted by atomic mass is 32.2. The second-order valence-electron chi connectivity index (χ2n) is 6.82. The number of nitrogens with one attached hydrogen (secondary N) is 1. The van der Waals surface area contributed by atoms with E-state index in [9.17, 15) is 4.79 Å². The maximum atomic E-state index is 12.5. The molecule has 0 spiro atoms. The van der Waals surface area contributed by atoms with Gasteiger partial charge in [0.2, 0.25) is 0 Å². The number of hydrogen-bond donors (Lipinski definition) is 1. The van der Waals surface area contributed by atoms with Gasteiger partial charge >= 0.3 is 0 Å². The zero-order valence-electron chi connectivity index (χ0n) is 16.7. The summed E-state index contributed by atoms with van der Waals surface area (Å²) in [5, 5.41) is 7.76. The minimum Gasteiger partial charge on any atom is -0.361 e. The first-order chi connectivity index (χ1) is 13.1. The zero-order valence-corrected chi connectivity index (χ0v) is 17.5. The number of aromatic nitrogens is 2. The summed E-state index contributed by atoms with van der Waals surface area (Å²) in [6, 6.07) is 3.64.